The molecule has 0 atom stereocenters. The minimum Gasteiger partial charge on any atom is -0.308 e. The van der Waals surface area contributed by atoms with E-state index >= 15 is 0 Å². The van der Waals surface area contributed by atoms with Crippen LogP contribution in [-0.2, 0) is 10.3 Å². The minimum absolute atomic E-state index is 0.124. The van der Waals surface area contributed by atoms with E-state index < -0.39 is 5.54 Å². The smallest absolute Gasteiger partial charge is 0.262 e. The zero-order chi connectivity index (χ0) is 17.3. The topological polar surface area (TPSA) is 41.5 Å². The van der Waals surface area contributed by atoms with E-state index in [1.807, 2.05) is 91.9 Å². The average molecular weight is 326 g/mol. The van der Waals surface area contributed by atoms with Gasteiger partial charge in [-0.05, 0) is 24.1 Å². The Kier molecular flexibility index (Phi) is 3.69. The lowest BCUT2D eigenvalue weighted by atomic mass is 9.83. The van der Waals surface area contributed by atoms with Crippen molar-refractivity contribution in [1.29, 1.82) is 0 Å². The van der Waals surface area contributed by atoms with Gasteiger partial charge in [0.1, 0.15) is 5.84 Å². The highest BCUT2D eigenvalue weighted by atomic mass is 16.2. The fourth-order valence-corrected chi connectivity index (χ4v) is 3.29. The maximum atomic E-state index is 13.1. The Labute approximate surface area is 147 Å². The zero-order valence-electron chi connectivity index (χ0n) is 13.9. The van der Waals surface area contributed by atoms with Gasteiger partial charge in [0, 0.05) is 5.56 Å². The summed E-state index contributed by atoms with van der Waals surface area (Å²) in [5.74, 6) is 0.489. The first-order valence-corrected chi connectivity index (χ1v) is 8.29. The summed E-state index contributed by atoms with van der Waals surface area (Å²) in [5.41, 5.74) is 2.72. The number of nitrogens with zero attached hydrogens (tertiary/aromatic N) is 1. The van der Waals surface area contributed by atoms with Gasteiger partial charge in [-0.25, -0.2) is 4.99 Å². The third kappa shape index (κ3) is 2.54. The monoisotopic (exact) mass is 326 g/mol. The van der Waals surface area contributed by atoms with Crippen LogP contribution in [0.3, 0.4) is 0 Å². The second-order valence-corrected chi connectivity index (χ2v) is 6.23. The number of hydrogen-bond acceptors (Lipinski definition) is 2. The molecule has 0 bridgehead atoms. The molecule has 3 aromatic carbocycles. The number of nitrogens with one attached hydrogen (secondary N) is 1. The molecule has 1 heterocycles. The molecule has 0 spiro atoms. The molecule has 1 amide bonds. The van der Waals surface area contributed by atoms with Crippen LogP contribution >= 0.6 is 0 Å². The van der Waals surface area contributed by atoms with Gasteiger partial charge in [-0.1, -0.05) is 84.4 Å². The van der Waals surface area contributed by atoms with Crippen LogP contribution in [0.25, 0.3) is 0 Å². The largest absolute Gasteiger partial charge is 0.308 e. The Morgan fingerprint density at radius 2 is 1.40 bits per heavy atom. The maximum absolute atomic E-state index is 13.1. The highest BCUT2D eigenvalue weighted by molar-refractivity contribution is 6.16. The number of amides is 1. The summed E-state index contributed by atoms with van der Waals surface area (Å²) in [4.78, 5) is 18.0. The van der Waals surface area contributed by atoms with E-state index in [2.05, 4.69) is 5.32 Å². The number of amidine groups is 1. The van der Waals surface area contributed by atoms with Gasteiger partial charge in [-0.15, -0.1) is 0 Å². The van der Waals surface area contributed by atoms with Crippen molar-refractivity contribution in [3.63, 3.8) is 0 Å². The third-order valence-corrected chi connectivity index (χ3v) is 4.51. The van der Waals surface area contributed by atoms with Crippen LogP contribution in [0.15, 0.2) is 89.9 Å². The van der Waals surface area contributed by atoms with Crippen LogP contribution in [0.5, 0.6) is 0 Å². The third-order valence-electron chi connectivity index (χ3n) is 4.51. The predicted octanol–water partition coefficient (Wildman–Crippen LogP) is 3.82. The Balaban J connectivity index is 1.94. The molecule has 25 heavy (non-hydrogen) atoms. The molecule has 122 valence electrons. The maximum Gasteiger partial charge on any atom is 0.262 e. The quantitative estimate of drug-likeness (QED) is 0.781. The lowest BCUT2D eigenvalue weighted by Gasteiger charge is -2.24. The first-order chi connectivity index (χ1) is 12.2. The summed E-state index contributed by atoms with van der Waals surface area (Å²) < 4.78 is 0. The van der Waals surface area contributed by atoms with E-state index in [1.165, 1.54) is 0 Å². The van der Waals surface area contributed by atoms with Crippen molar-refractivity contribution in [3.8, 4) is 0 Å². The number of aliphatic imine (C=N–C) groups is 1. The Morgan fingerprint density at radius 1 is 0.800 bits per heavy atom. The first-order valence-electron chi connectivity index (χ1n) is 8.29. The fraction of sp³-hybridized carbons (Fsp3) is 0.0909. The Bertz CT molecular complexity index is 907. The number of aryl methyl sites for hydroxylation is 1. The van der Waals surface area contributed by atoms with Gasteiger partial charge in [0.25, 0.3) is 5.91 Å². The van der Waals surface area contributed by atoms with Crippen LogP contribution in [0.1, 0.15) is 22.3 Å². The van der Waals surface area contributed by atoms with Crippen molar-refractivity contribution in [2.75, 3.05) is 0 Å². The summed E-state index contributed by atoms with van der Waals surface area (Å²) in [7, 11) is 0. The lowest BCUT2D eigenvalue weighted by Crippen LogP contribution is -2.38. The number of carbonyl (C=O) groups excluding carboxylic acids is 1. The van der Waals surface area contributed by atoms with E-state index in [4.69, 9.17) is 4.99 Å². The van der Waals surface area contributed by atoms with Crippen molar-refractivity contribution in [1.82, 2.24) is 5.32 Å². The summed E-state index contributed by atoms with van der Waals surface area (Å²) in [6.45, 7) is 2.03. The molecule has 1 aliphatic rings. The van der Waals surface area contributed by atoms with Crippen LogP contribution in [-0.4, -0.2) is 11.7 Å². The molecule has 0 aromatic heterocycles. The number of rotatable bonds is 3. The van der Waals surface area contributed by atoms with Gasteiger partial charge in [0.2, 0.25) is 0 Å². The molecular weight excluding hydrogens is 308 g/mol. The summed E-state index contributed by atoms with van der Waals surface area (Å²) in [6.07, 6.45) is 0. The summed E-state index contributed by atoms with van der Waals surface area (Å²) in [6, 6.07) is 27.5. The molecule has 3 aromatic rings. The van der Waals surface area contributed by atoms with E-state index in [0.717, 1.165) is 22.3 Å². The van der Waals surface area contributed by atoms with Crippen LogP contribution < -0.4 is 5.32 Å². The van der Waals surface area contributed by atoms with Gasteiger partial charge < -0.3 is 5.32 Å². The normalized spacial score (nSPS) is 15.6. The molecular formula is C22H18N2O. The second kappa shape index (κ2) is 6.02. The van der Waals surface area contributed by atoms with Gasteiger partial charge in [0.15, 0.2) is 5.54 Å². The molecule has 1 N–H and O–H groups in total. The van der Waals surface area contributed by atoms with Crippen LogP contribution in [0.2, 0.25) is 0 Å². The first kappa shape index (κ1) is 15.3. The molecule has 3 heteroatoms. The fourth-order valence-electron chi connectivity index (χ4n) is 3.29. The summed E-state index contributed by atoms with van der Waals surface area (Å²) in [5, 5.41) is 3.00. The van der Waals surface area contributed by atoms with Gasteiger partial charge >= 0.3 is 0 Å². The molecule has 0 saturated heterocycles. The molecule has 0 fully saturated rings. The molecule has 0 aliphatic carbocycles. The van der Waals surface area contributed by atoms with Gasteiger partial charge in [0.05, 0.1) is 0 Å². The highest BCUT2D eigenvalue weighted by Gasteiger charge is 2.46. The van der Waals surface area contributed by atoms with E-state index in [9.17, 15) is 4.79 Å². The standard InChI is InChI=1S/C22H18N2O/c1-16-9-8-10-17(15-16)20-23-21(25)22(24-20,18-11-4-2-5-12-18)19-13-6-3-7-14-19/h2-15H,1H3,(H,23,24,25). The van der Waals surface area contributed by atoms with Crippen molar-refractivity contribution in [2.24, 2.45) is 4.99 Å². The molecule has 0 unspecified atom stereocenters. The molecule has 1 aliphatic heterocycles. The number of carbonyl (C=O) groups is 1. The minimum atomic E-state index is -1.05. The van der Waals surface area contributed by atoms with Gasteiger partial charge in [-0.2, -0.15) is 0 Å². The Morgan fingerprint density at radius 3 is 1.96 bits per heavy atom. The average Bonchev–Trinajstić information content (AvgIpc) is 3.02. The molecule has 0 saturated carbocycles. The van der Waals surface area contributed by atoms with Crippen LogP contribution in [0.4, 0.5) is 0 Å². The molecule has 3 nitrogen and oxygen atoms in total. The Hall–Kier alpha value is -3.20. The highest BCUT2D eigenvalue weighted by Crippen LogP contribution is 2.37. The van der Waals surface area contributed by atoms with E-state index in [-0.39, 0.29) is 5.91 Å². The zero-order valence-corrected chi connectivity index (χ0v) is 13.9. The lowest BCUT2D eigenvalue weighted by molar-refractivity contribution is -0.122. The van der Waals surface area contributed by atoms with Crippen molar-refractivity contribution >= 4 is 11.7 Å². The molecule has 0 radical (unpaired) electrons. The van der Waals surface area contributed by atoms with Crippen molar-refractivity contribution in [3.05, 3.63) is 107 Å². The van der Waals surface area contributed by atoms with E-state index in [0.29, 0.717) is 5.84 Å². The summed E-state index contributed by atoms with van der Waals surface area (Å²) >= 11 is 0. The van der Waals surface area contributed by atoms with Crippen molar-refractivity contribution in [2.45, 2.75) is 12.5 Å². The predicted molar refractivity (Wildman–Crippen MR) is 99.5 cm³/mol. The van der Waals surface area contributed by atoms with E-state index in [1.54, 1.807) is 0 Å². The second-order valence-electron chi connectivity index (χ2n) is 6.23. The molecule has 4 rings (SSSR count). The number of benzene rings is 3. The van der Waals surface area contributed by atoms with Gasteiger partial charge in [-0.3, -0.25) is 4.79 Å². The SMILES string of the molecule is Cc1cccc(C2=NC(c3ccccc3)(c3ccccc3)C(=O)N2)c1. The van der Waals surface area contributed by atoms with Crippen LogP contribution in [0, 0.1) is 6.92 Å². The van der Waals surface area contributed by atoms with Crippen molar-refractivity contribution < 1.29 is 4.79 Å². The number of hydrogen-bond donors (Lipinski definition) is 1.